The van der Waals surface area contributed by atoms with E-state index in [2.05, 4.69) is 20.3 Å². The Morgan fingerprint density at radius 1 is 1.20 bits per heavy atom. The van der Waals surface area contributed by atoms with Gasteiger partial charge in [0.05, 0.1) is 22.8 Å². The van der Waals surface area contributed by atoms with Gasteiger partial charge < -0.3 is 10.6 Å². The monoisotopic (exact) mass is 410 g/mol. The number of anilines is 2. The van der Waals surface area contributed by atoms with E-state index < -0.39 is 11.6 Å². The Hall–Kier alpha value is -3.62. The molecule has 0 aliphatic carbocycles. The van der Waals surface area contributed by atoms with Gasteiger partial charge in [-0.2, -0.15) is 0 Å². The Labute approximate surface area is 172 Å². The van der Waals surface area contributed by atoms with Crippen LogP contribution in [0, 0.1) is 18.6 Å². The zero-order valence-corrected chi connectivity index (χ0v) is 16.3. The number of nitrogens with two attached hydrogens (primary N) is 1. The molecule has 2 amide bonds. The molecule has 1 aromatic carbocycles. The number of nitrogen functional groups attached to an aromatic ring is 1. The minimum absolute atomic E-state index is 0.105. The van der Waals surface area contributed by atoms with Crippen molar-refractivity contribution in [3.05, 3.63) is 65.7 Å². The first-order valence-electron chi connectivity index (χ1n) is 9.47. The normalized spacial score (nSPS) is 16.0. The van der Waals surface area contributed by atoms with E-state index in [1.165, 1.54) is 18.2 Å². The third-order valence-corrected chi connectivity index (χ3v) is 5.03. The van der Waals surface area contributed by atoms with Crippen molar-refractivity contribution in [3.63, 3.8) is 0 Å². The molecule has 1 aliphatic rings. The van der Waals surface area contributed by atoms with E-state index in [1.807, 2.05) is 6.92 Å². The van der Waals surface area contributed by atoms with E-state index in [-0.39, 0.29) is 34.7 Å². The Morgan fingerprint density at radius 2 is 2.03 bits per heavy atom. The Bertz CT molecular complexity index is 1110. The van der Waals surface area contributed by atoms with Gasteiger partial charge in [0.25, 0.3) is 0 Å². The van der Waals surface area contributed by atoms with Crippen molar-refractivity contribution in [2.45, 2.75) is 19.3 Å². The maximum Gasteiger partial charge on any atom is 0.323 e. The van der Waals surface area contributed by atoms with Gasteiger partial charge in [0.1, 0.15) is 11.6 Å². The number of pyridine rings is 1. The first-order chi connectivity index (χ1) is 14.4. The number of rotatable bonds is 3. The van der Waals surface area contributed by atoms with Crippen molar-refractivity contribution in [2.75, 3.05) is 24.1 Å². The van der Waals surface area contributed by atoms with Crippen molar-refractivity contribution >= 4 is 17.5 Å². The molecule has 0 saturated carbocycles. The van der Waals surface area contributed by atoms with Gasteiger partial charge in [0.2, 0.25) is 0 Å². The number of hydrogen-bond donors (Lipinski definition) is 2. The first-order valence-corrected chi connectivity index (χ1v) is 9.47. The fraction of sp³-hybridized carbons (Fsp3) is 0.238. The lowest BCUT2D eigenvalue weighted by Crippen LogP contribution is -2.33. The zero-order valence-electron chi connectivity index (χ0n) is 16.3. The lowest BCUT2D eigenvalue weighted by Gasteiger charge is -2.18. The number of aromatic nitrogens is 3. The number of hydrogen-bond acceptors (Lipinski definition) is 5. The van der Waals surface area contributed by atoms with Gasteiger partial charge in [-0.15, -0.1) is 0 Å². The van der Waals surface area contributed by atoms with Gasteiger partial charge >= 0.3 is 6.03 Å². The highest BCUT2D eigenvalue weighted by atomic mass is 19.1. The third kappa shape index (κ3) is 4.05. The van der Waals surface area contributed by atoms with E-state index in [9.17, 15) is 13.6 Å². The average molecular weight is 410 g/mol. The van der Waals surface area contributed by atoms with Gasteiger partial charge in [0, 0.05) is 43.0 Å². The van der Waals surface area contributed by atoms with E-state index in [1.54, 1.807) is 17.3 Å². The molecule has 0 spiro atoms. The molecule has 0 radical (unpaired) electrons. The summed E-state index contributed by atoms with van der Waals surface area (Å²) >= 11 is 0. The quantitative estimate of drug-likeness (QED) is 0.686. The molecule has 1 unspecified atom stereocenters. The molecule has 1 atom stereocenters. The highest BCUT2D eigenvalue weighted by molar-refractivity contribution is 5.92. The number of amides is 2. The summed E-state index contributed by atoms with van der Waals surface area (Å²) in [6, 6.07) is 5.91. The molecule has 3 heterocycles. The Balaban J connectivity index is 1.49. The summed E-state index contributed by atoms with van der Waals surface area (Å²) in [5.41, 5.74) is 8.24. The lowest BCUT2D eigenvalue weighted by atomic mass is 10.1. The molecular formula is C21H20F2N6O. The van der Waals surface area contributed by atoms with E-state index in [4.69, 9.17) is 5.73 Å². The highest BCUT2D eigenvalue weighted by Crippen LogP contribution is 2.28. The van der Waals surface area contributed by atoms with Crippen molar-refractivity contribution in [1.29, 1.82) is 0 Å². The number of nitrogens with zero attached hydrogens (tertiary/aromatic N) is 4. The SMILES string of the molecule is Cc1cncc(C2CCN(C(=O)Nc3nc(-c4ccc(F)cc4F)ccc3N)C2)n1. The summed E-state index contributed by atoms with van der Waals surface area (Å²) in [5, 5.41) is 2.69. The second-order valence-corrected chi connectivity index (χ2v) is 7.21. The van der Waals surface area contributed by atoms with Crippen molar-refractivity contribution in [1.82, 2.24) is 19.9 Å². The summed E-state index contributed by atoms with van der Waals surface area (Å²) in [6.07, 6.45) is 4.18. The molecule has 1 aliphatic heterocycles. The number of nitrogens with one attached hydrogen (secondary N) is 1. The van der Waals surface area contributed by atoms with Crippen LogP contribution in [0.1, 0.15) is 23.7 Å². The van der Waals surface area contributed by atoms with Gasteiger partial charge in [-0.1, -0.05) is 0 Å². The molecule has 1 saturated heterocycles. The number of benzene rings is 1. The molecule has 4 rings (SSSR count). The molecular weight excluding hydrogens is 390 g/mol. The predicted octanol–water partition coefficient (Wildman–Crippen LogP) is 3.73. The van der Waals surface area contributed by atoms with Crippen LogP contribution in [0.4, 0.5) is 25.1 Å². The number of likely N-dealkylation sites (tertiary alicyclic amines) is 1. The van der Waals surface area contributed by atoms with Crippen LogP contribution in [-0.2, 0) is 0 Å². The van der Waals surface area contributed by atoms with Crippen LogP contribution in [-0.4, -0.2) is 39.0 Å². The topological polar surface area (TPSA) is 97.0 Å². The van der Waals surface area contributed by atoms with Crippen LogP contribution in [0.3, 0.4) is 0 Å². The third-order valence-electron chi connectivity index (χ3n) is 5.03. The largest absolute Gasteiger partial charge is 0.396 e. The average Bonchev–Trinajstić information content (AvgIpc) is 3.20. The lowest BCUT2D eigenvalue weighted by molar-refractivity contribution is 0.222. The van der Waals surface area contributed by atoms with Gasteiger partial charge in [0.15, 0.2) is 5.82 Å². The molecule has 9 heteroatoms. The molecule has 3 aromatic rings. The molecule has 154 valence electrons. The van der Waals surface area contributed by atoms with Crippen LogP contribution in [0.5, 0.6) is 0 Å². The summed E-state index contributed by atoms with van der Waals surface area (Å²) in [6.45, 7) is 2.93. The summed E-state index contributed by atoms with van der Waals surface area (Å²) < 4.78 is 27.3. The molecule has 2 aromatic heterocycles. The molecule has 1 fully saturated rings. The number of carbonyl (C=O) groups is 1. The highest BCUT2D eigenvalue weighted by Gasteiger charge is 2.29. The van der Waals surface area contributed by atoms with Crippen LogP contribution in [0.15, 0.2) is 42.7 Å². The van der Waals surface area contributed by atoms with Gasteiger partial charge in [-0.3, -0.25) is 15.3 Å². The van der Waals surface area contributed by atoms with Crippen molar-refractivity contribution < 1.29 is 13.6 Å². The number of urea groups is 1. The van der Waals surface area contributed by atoms with E-state index >= 15 is 0 Å². The van der Waals surface area contributed by atoms with Crippen LogP contribution in [0.2, 0.25) is 0 Å². The minimum atomic E-state index is -0.744. The zero-order chi connectivity index (χ0) is 21.3. The number of aryl methyl sites for hydroxylation is 1. The maximum absolute atomic E-state index is 14.1. The standard InChI is InChI=1S/C21H20F2N6O/c1-12-9-25-10-19(26-12)13-6-7-29(11-13)21(30)28-20-17(24)4-5-18(27-20)15-3-2-14(22)8-16(15)23/h2-5,8-10,13H,6-7,11,24H2,1H3,(H,27,28,30). The van der Waals surface area contributed by atoms with Crippen LogP contribution >= 0.6 is 0 Å². The second kappa shape index (κ2) is 8.02. The van der Waals surface area contributed by atoms with Gasteiger partial charge in [-0.25, -0.2) is 18.6 Å². The fourth-order valence-electron chi connectivity index (χ4n) is 3.46. The Morgan fingerprint density at radius 3 is 2.80 bits per heavy atom. The van der Waals surface area contributed by atoms with Crippen LogP contribution < -0.4 is 11.1 Å². The number of halogens is 2. The van der Waals surface area contributed by atoms with E-state index in [0.29, 0.717) is 13.1 Å². The first kappa shape index (κ1) is 19.7. The summed E-state index contributed by atoms with van der Waals surface area (Å²) in [4.78, 5) is 27.3. The van der Waals surface area contributed by atoms with Crippen molar-refractivity contribution in [3.8, 4) is 11.3 Å². The predicted molar refractivity (Wildman–Crippen MR) is 109 cm³/mol. The second-order valence-electron chi connectivity index (χ2n) is 7.21. The molecule has 30 heavy (non-hydrogen) atoms. The molecule has 0 bridgehead atoms. The number of carbonyl (C=O) groups excluding carboxylic acids is 1. The Kier molecular flexibility index (Phi) is 5.26. The van der Waals surface area contributed by atoms with Crippen LogP contribution in [0.25, 0.3) is 11.3 Å². The van der Waals surface area contributed by atoms with Gasteiger partial charge in [-0.05, 0) is 37.6 Å². The minimum Gasteiger partial charge on any atom is -0.396 e. The summed E-state index contributed by atoms with van der Waals surface area (Å²) in [7, 11) is 0. The summed E-state index contributed by atoms with van der Waals surface area (Å²) in [5.74, 6) is -1.19. The fourth-order valence-corrected chi connectivity index (χ4v) is 3.46. The van der Waals surface area contributed by atoms with Crippen molar-refractivity contribution in [2.24, 2.45) is 0 Å². The molecule has 7 nitrogen and oxygen atoms in total. The maximum atomic E-state index is 14.1. The molecule has 3 N–H and O–H groups in total. The van der Waals surface area contributed by atoms with E-state index in [0.717, 1.165) is 29.9 Å². The smallest absolute Gasteiger partial charge is 0.323 e.